The maximum atomic E-state index is 2.68. The normalized spacial score (nSPS) is 13.7. The molecule has 0 bridgehead atoms. The number of hydrogen-bond acceptors (Lipinski definition) is 3. The summed E-state index contributed by atoms with van der Waals surface area (Å²) in [6.07, 6.45) is 0. The van der Waals surface area contributed by atoms with Crippen LogP contribution in [0.2, 0.25) is 0 Å². The van der Waals surface area contributed by atoms with Crippen molar-refractivity contribution in [2.45, 2.75) is 132 Å². The largest absolute Gasteiger partial charge is 0.311 e. The van der Waals surface area contributed by atoms with Crippen LogP contribution >= 0.6 is 0 Å². The van der Waals surface area contributed by atoms with Crippen LogP contribution in [0.15, 0.2) is 133 Å². The Bertz CT molecular complexity index is 2840. The maximum Gasteiger partial charge on any atom is 0.252 e. The average Bonchev–Trinajstić information content (AvgIpc) is 3.23. The fourth-order valence-electron chi connectivity index (χ4n) is 11.0. The Balaban J connectivity index is 1.54. The summed E-state index contributed by atoms with van der Waals surface area (Å²) in [6, 6.07) is 51.6. The fraction of sp³-hybridized carbons (Fsp3) is 0.323. The molecule has 3 nitrogen and oxygen atoms in total. The van der Waals surface area contributed by atoms with Crippen LogP contribution < -0.4 is 31.1 Å². The Hall–Kier alpha value is -6.00. The maximum absolute atomic E-state index is 2.68. The zero-order valence-corrected chi connectivity index (χ0v) is 42.6. The quantitative estimate of drug-likeness (QED) is 0.160. The molecule has 66 heavy (non-hydrogen) atoms. The van der Waals surface area contributed by atoms with E-state index in [1.807, 2.05) is 0 Å². The van der Waals surface area contributed by atoms with Gasteiger partial charge in [-0.3, -0.25) is 0 Å². The van der Waals surface area contributed by atoms with Crippen LogP contribution in [0.25, 0.3) is 0 Å². The predicted octanol–water partition coefficient (Wildman–Crippen LogP) is 15.7. The van der Waals surface area contributed by atoms with Crippen LogP contribution in [0, 0.1) is 27.7 Å². The SMILES string of the molecule is Cc1ccc(N(c2cc3c4c(c2)N(c2ccccc2C(C)(C)C)c2c(cccc2C(C)(C)C)B4c2cccc(C(C)(C)C)c2N3c2ccccc2C(C)(C)C)c2ccc(C)cc2C)c(C)c1. The van der Waals surface area contributed by atoms with Gasteiger partial charge in [0.2, 0.25) is 0 Å². The highest BCUT2D eigenvalue weighted by Crippen LogP contribution is 2.53. The summed E-state index contributed by atoms with van der Waals surface area (Å²) >= 11 is 0. The van der Waals surface area contributed by atoms with E-state index in [2.05, 4.69) is 259 Å². The summed E-state index contributed by atoms with van der Waals surface area (Å²) in [7, 11) is 0. The lowest BCUT2D eigenvalue weighted by atomic mass is 9.33. The highest BCUT2D eigenvalue weighted by Gasteiger charge is 2.47. The van der Waals surface area contributed by atoms with Gasteiger partial charge in [-0.15, -0.1) is 0 Å². The van der Waals surface area contributed by atoms with Gasteiger partial charge in [0.1, 0.15) is 0 Å². The van der Waals surface area contributed by atoms with Gasteiger partial charge < -0.3 is 14.7 Å². The molecule has 2 aliphatic rings. The second-order valence-electron chi connectivity index (χ2n) is 23.4. The van der Waals surface area contributed by atoms with E-state index >= 15 is 0 Å². The van der Waals surface area contributed by atoms with Crippen LogP contribution in [0.5, 0.6) is 0 Å². The van der Waals surface area contributed by atoms with E-state index in [0.29, 0.717) is 0 Å². The molecule has 336 valence electrons. The lowest BCUT2D eigenvalue weighted by molar-refractivity contribution is 0.587. The summed E-state index contributed by atoms with van der Waals surface area (Å²) in [5, 5.41) is 0. The van der Waals surface area contributed by atoms with Gasteiger partial charge in [0.25, 0.3) is 6.71 Å². The van der Waals surface area contributed by atoms with Crippen molar-refractivity contribution in [1.29, 1.82) is 0 Å². The first-order chi connectivity index (χ1) is 31.0. The predicted molar refractivity (Wildman–Crippen MR) is 289 cm³/mol. The minimum Gasteiger partial charge on any atom is -0.311 e. The van der Waals surface area contributed by atoms with E-state index < -0.39 is 0 Å². The summed E-state index contributed by atoms with van der Waals surface area (Å²) in [5.74, 6) is 0. The van der Waals surface area contributed by atoms with Gasteiger partial charge >= 0.3 is 0 Å². The molecule has 0 N–H and O–H groups in total. The number of rotatable bonds is 5. The van der Waals surface area contributed by atoms with Gasteiger partial charge in [-0.2, -0.15) is 0 Å². The van der Waals surface area contributed by atoms with Crippen LogP contribution in [0.4, 0.5) is 51.2 Å². The molecule has 0 spiro atoms. The van der Waals surface area contributed by atoms with Crippen molar-refractivity contribution in [2.75, 3.05) is 14.7 Å². The van der Waals surface area contributed by atoms with Crippen LogP contribution in [-0.4, -0.2) is 6.71 Å². The molecule has 4 heteroatoms. The number of benzene rings is 7. The van der Waals surface area contributed by atoms with Crippen molar-refractivity contribution < 1.29 is 0 Å². The lowest BCUT2D eigenvalue weighted by Crippen LogP contribution is -2.62. The third kappa shape index (κ3) is 7.55. The summed E-state index contributed by atoms with van der Waals surface area (Å²) < 4.78 is 0. The molecule has 0 radical (unpaired) electrons. The van der Waals surface area contributed by atoms with E-state index in [-0.39, 0.29) is 28.4 Å². The molecular formula is C62H70BN3. The Morgan fingerprint density at radius 3 is 1.11 bits per heavy atom. The first kappa shape index (κ1) is 45.2. The van der Waals surface area contributed by atoms with Crippen molar-refractivity contribution in [2.24, 2.45) is 0 Å². The Labute approximate surface area is 397 Å². The number of aryl methyl sites for hydroxylation is 4. The first-order valence-electron chi connectivity index (χ1n) is 24.2. The second kappa shape index (κ2) is 15.8. The highest BCUT2D eigenvalue weighted by molar-refractivity contribution is 7.00. The number of fused-ring (bicyclic) bond motifs is 4. The lowest BCUT2D eigenvalue weighted by Gasteiger charge is -2.48. The van der Waals surface area contributed by atoms with E-state index in [1.54, 1.807) is 0 Å². The highest BCUT2D eigenvalue weighted by atomic mass is 15.2. The van der Waals surface area contributed by atoms with Crippen molar-refractivity contribution in [3.05, 3.63) is 178 Å². The summed E-state index contributed by atoms with van der Waals surface area (Å²) in [6.45, 7) is 37.4. The van der Waals surface area contributed by atoms with Gasteiger partial charge in [-0.05, 0) is 136 Å². The van der Waals surface area contributed by atoms with Crippen molar-refractivity contribution >= 4 is 74.3 Å². The van der Waals surface area contributed by atoms with Gasteiger partial charge in [0, 0.05) is 45.5 Å². The zero-order valence-electron chi connectivity index (χ0n) is 42.6. The molecule has 7 aromatic rings. The third-order valence-corrected chi connectivity index (χ3v) is 14.1. The Morgan fingerprint density at radius 1 is 0.379 bits per heavy atom. The molecule has 0 atom stereocenters. The van der Waals surface area contributed by atoms with Crippen LogP contribution in [-0.2, 0) is 21.7 Å². The monoisotopic (exact) mass is 868 g/mol. The molecule has 0 aliphatic carbocycles. The van der Waals surface area contributed by atoms with E-state index in [4.69, 9.17) is 0 Å². The summed E-state index contributed by atoms with van der Waals surface area (Å²) in [5.41, 5.74) is 24.8. The van der Waals surface area contributed by atoms with Gasteiger partial charge in [-0.25, -0.2) is 0 Å². The molecule has 0 saturated carbocycles. The fourth-order valence-corrected chi connectivity index (χ4v) is 11.0. The number of hydrogen-bond donors (Lipinski definition) is 0. The Morgan fingerprint density at radius 2 is 0.742 bits per heavy atom. The van der Waals surface area contributed by atoms with Crippen molar-refractivity contribution in [1.82, 2.24) is 0 Å². The average molecular weight is 868 g/mol. The molecule has 9 rings (SSSR count). The van der Waals surface area contributed by atoms with Crippen molar-refractivity contribution in [3.63, 3.8) is 0 Å². The molecule has 0 fully saturated rings. The zero-order chi connectivity index (χ0) is 47.4. The van der Waals surface area contributed by atoms with E-state index in [9.17, 15) is 0 Å². The minimum absolute atomic E-state index is 0.0228. The molecule has 0 amide bonds. The molecule has 2 aliphatic heterocycles. The number of nitrogens with zero attached hydrogens (tertiary/aromatic N) is 3. The third-order valence-electron chi connectivity index (χ3n) is 14.1. The minimum atomic E-state index is -0.148. The molecule has 0 aromatic heterocycles. The Kier molecular flexibility index (Phi) is 10.8. The molecule has 0 unspecified atom stereocenters. The second-order valence-corrected chi connectivity index (χ2v) is 23.4. The van der Waals surface area contributed by atoms with Crippen LogP contribution in [0.1, 0.15) is 128 Å². The molecule has 0 saturated heterocycles. The summed E-state index contributed by atoms with van der Waals surface area (Å²) in [4.78, 5) is 7.92. The first-order valence-corrected chi connectivity index (χ1v) is 24.2. The molecule has 2 heterocycles. The number of para-hydroxylation sites is 4. The number of anilines is 9. The molecule has 7 aromatic carbocycles. The van der Waals surface area contributed by atoms with Crippen LogP contribution in [0.3, 0.4) is 0 Å². The van der Waals surface area contributed by atoms with Gasteiger partial charge in [0.15, 0.2) is 0 Å². The topological polar surface area (TPSA) is 9.72 Å². The van der Waals surface area contributed by atoms with Gasteiger partial charge in [0.05, 0.1) is 5.69 Å². The van der Waals surface area contributed by atoms with Gasteiger partial charge in [-0.1, -0.05) is 191 Å². The van der Waals surface area contributed by atoms with E-state index in [0.717, 1.165) is 5.69 Å². The van der Waals surface area contributed by atoms with E-state index in [1.165, 1.54) is 106 Å². The smallest absolute Gasteiger partial charge is 0.252 e. The van der Waals surface area contributed by atoms with Crippen molar-refractivity contribution in [3.8, 4) is 0 Å². The molecular weight excluding hydrogens is 798 g/mol. The standard InChI is InChI=1S/C62H70BN3/c1-39-31-33-50(41(3)35-39)64(51-34-32-40(2)36-42(51)4)43-37-54-56-55(38-43)66(53-30-20-18-24-45(53)60(8,9)10)58-47(62(14,15)16)26-22-28-49(58)63(56)48-27-21-25-46(61(11,12)13)57(48)65(54)52-29-19-17-23-44(52)59(5,6)7/h17-38H,1-16H3.